The highest BCUT2D eigenvalue weighted by molar-refractivity contribution is 9.10. The fourth-order valence-electron chi connectivity index (χ4n) is 1.10. The molecule has 0 bridgehead atoms. The van der Waals surface area contributed by atoms with Crippen LogP contribution in [0.15, 0.2) is 16.6 Å². The molecule has 0 amide bonds. The minimum Gasteiger partial charge on any atom is -0.489 e. The highest BCUT2D eigenvalue weighted by atomic mass is 79.9. The number of halogens is 2. The Balaban J connectivity index is 2.75. The number of methoxy groups -OCH3 is 1. The second-order valence-electron chi connectivity index (χ2n) is 2.87. The first-order valence-electron chi connectivity index (χ1n) is 4.22. The SMILES string of the molecule is COCCOc1c(C)cc(Br)cc1Cl. The van der Waals surface area contributed by atoms with E-state index in [0.29, 0.717) is 18.2 Å². The van der Waals surface area contributed by atoms with Gasteiger partial charge in [-0.05, 0) is 24.6 Å². The van der Waals surface area contributed by atoms with E-state index in [1.54, 1.807) is 7.11 Å². The topological polar surface area (TPSA) is 18.5 Å². The Morgan fingerprint density at radius 3 is 2.64 bits per heavy atom. The molecule has 4 heteroatoms. The normalized spacial score (nSPS) is 10.3. The van der Waals surface area contributed by atoms with E-state index in [1.165, 1.54) is 0 Å². The van der Waals surface area contributed by atoms with E-state index in [1.807, 2.05) is 19.1 Å². The maximum absolute atomic E-state index is 6.02. The van der Waals surface area contributed by atoms with Gasteiger partial charge in [-0.3, -0.25) is 0 Å². The highest BCUT2D eigenvalue weighted by Gasteiger charge is 2.06. The predicted molar refractivity (Wildman–Crippen MR) is 61.3 cm³/mol. The average Bonchev–Trinajstić information content (AvgIpc) is 2.09. The zero-order valence-electron chi connectivity index (χ0n) is 8.14. The van der Waals surface area contributed by atoms with Crippen molar-refractivity contribution in [2.75, 3.05) is 20.3 Å². The van der Waals surface area contributed by atoms with Gasteiger partial charge in [-0.2, -0.15) is 0 Å². The van der Waals surface area contributed by atoms with Gasteiger partial charge in [0.05, 0.1) is 11.6 Å². The van der Waals surface area contributed by atoms with E-state index in [2.05, 4.69) is 15.9 Å². The van der Waals surface area contributed by atoms with Gasteiger partial charge in [-0.25, -0.2) is 0 Å². The molecule has 1 aromatic rings. The van der Waals surface area contributed by atoms with Crippen molar-refractivity contribution in [2.24, 2.45) is 0 Å². The minimum atomic E-state index is 0.513. The summed E-state index contributed by atoms with van der Waals surface area (Å²) in [7, 11) is 1.64. The first-order chi connectivity index (χ1) is 6.65. The Hall–Kier alpha value is -0.250. The Labute approximate surface area is 97.3 Å². The number of hydrogen-bond donors (Lipinski definition) is 0. The third-order valence-electron chi connectivity index (χ3n) is 1.73. The van der Waals surface area contributed by atoms with E-state index < -0.39 is 0 Å². The molecule has 0 N–H and O–H groups in total. The van der Waals surface area contributed by atoms with Crippen LogP contribution >= 0.6 is 27.5 Å². The van der Waals surface area contributed by atoms with Crippen LogP contribution in [-0.2, 0) is 4.74 Å². The summed E-state index contributed by atoms with van der Waals surface area (Å²) < 4.78 is 11.3. The molecule has 0 aromatic heterocycles. The lowest BCUT2D eigenvalue weighted by Gasteiger charge is -2.10. The molecule has 14 heavy (non-hydrogen) atoms. The number of rotatable bonds is 4. The largest absolute Gasteiger partial charge is 0.489 e. The molecule has 0 fully saturated rings. The van der Waals surface area contributed by atoms with E-state index in [0.717, 1.165) is 15.8 Å². The van der Waals surface area contributed by atoms with Crippen LogP contribution in [0.25, 0.3) is 0 Å². The molecule has 0 spiro atoms. The molecule has 0 aliphatic carbocycles. The molecule has 0 atom stereocenters. The monoisotopic (exact) mass is 278 g/mol. The van der Waals surface area contributed by atoms with Gasteiger partial charge >= 0.3 is 0 Å². The Morgan fingerprint density at radius 2 is 2.07 bits per heavy atom. The summed E-state index contributed by atoms with van der Waals surface area (Å²) in [4.78, 5) is 0. The molecule has 78 valence electrons. The molecule has 0 aliphatic rings. The van der Waals surface area contributed by atoms with Crippen molar-refractivity contribution in [3.05, 3.63) is 27.2 Å². The maximum Gasteiger partial charge on any atom is 0.140 e. The Bertz CT molecular complexity index is 292. The van der Waals surface area contributed by atoms with Crippen molar-refractivity contribution < 1.29 is 9.47 Å². The van der Waals surface area contributed by atoms with Gasteiger partial charge in [0.15, 0.2) is 0 Å². The van der Waals surface area contributed by atoms with Crippen LogP contribution in [0.3, 0.4) is 0 Å². The molecule has 2 nitrogen and oxygen atoms in total. The van der Waals surface area contributed by atoms with Crippen molar-refractivity contribution in [1.82, 2.24) is 0 Å². The number of aryl methyl sites for hydroxylation is 1. The lowest BCUT2D eigenvalue weighted by molar-refractivity contribution is 0.146. The average molecular weight is 280 g/mol. The second-order valence-corrected chi connectivity index (χ2v) is 4.20. The molecule has 1 aromatic carbocycles. The van der Waals surface area contributed by atoms with Gasteiger partial charge < -0.3 is 9.47 Å². The molecule has 0 saturated carbocycles. The summed E-state index contributed by atoms with van der Waals surface area (Å²) >= 11 is 9.38. The van der Waals surface area contributed by atoms with Gasteiger partial charge in [-0.1, -0.05) is 27.5 Å². The molecule has 0 heterocycles. The molecule has 0 aliphatic heterocycles. The van der Waals surface area contributed by atoms with Crippen molar-refractivity contribution in [1.29, 1.82) is 0 Å². The van der Waals surface area contributed by atoms with E-state index in [9.17, 15) is 0 Å². The lowest BCUT2D eigenvalue weighted by atomic mass is 10.2. The van der Waals surface area contributed by atoms with E-state index in [4.69, 9.17) is 21.1 Å². The molecule has 0 saturated heterocycles. The standard InChI is InChI=1S/C10H12BrClO2/c1-7-5-8(11)6-9(12)10(7)14-4-3-13-2/h5-6H,3-4H2,1-2H3. The van der Waals surface area contributed by atoms with Gasteiger partial charge in [0.25, 0.3) is 0 Å². The lowest BCUT2D eigenvalue weighted by Crippen LogP contribution is -2.05. The zero-order valence-corrected chi connectivity index (χ0v) is 10.5. The molecule has 0 unspecified atom stereocenters. The van der Waals surface area contributed by atoms with Crippen LogP contribution < -0.4 is 4.74 Å². The first kappa shape index (κ1) is 11.8. The minimum absolute atomic E-state index is 0.513. The fraction of sp³-hybridized carbons (Fsp3) is 0.400. The van der Waals surface area contributed by atoms with Gasteiger partial charge in [0.2, 0.25) is 0 Å². The van der Waals surface area contributed by atoms with Crippen molar-refractivity contribution in [3.8, 4) is 5.75 Å². The summed E-state index contributed by atoms with van der Waals surface area (Å²) in [5.74, 6) is 0.729. The summed E-state index contributed by atoms with van der Waals surface area (Å²) in [6, 6.07) is 3.78. The van der Waals surface area contributed by atoms with Gasteiger partial charge in [0.1, 0.15) is 12.4 Å². The molecular weight excluding hydrogens is 267 g/mol. The molecule has 1 rings (SSSR count). The first-order valence-corrected chi connectivity index (χ1v) is 5.39. The van der Waals surface area contributed by atoms with Crippen molar-refractivity contribution in [3.63, 3.8) is 0 Å². The number of ether oxygens (including phenoxy) is 2. The third kappa shape index (κ3) is 3.15. The van der Waals surface area contributed by atoms with Crippen LogP contribution in [0.4, 0.5) is 0 Å². The summed E-state index contributed by atoms with van der Waals surface area (Å²) in [5, 5.41) is 0.618. The molecular formula is C10H12BrClO2. The summed E-state index contributed by atoms with van der Waals surface area (Å²) in [6.45, 7) is 3.03. The number of hydrogen-bond acceptors (Lipinski definition) is 2. The van der Waals surface area contributed by atoms with Gasteiger partial charge in [-0.15, -0.1) is 0 Å². The fourth-order valence-corrected chi connectivity index (χ4v) is 2.12. The van der Waals surface area contributed by atoms with E-state index >= 15 is 0 Å². The second kappa shape index (κ2) is 5.59. The highest BCUT2D eigenvalue weighted by Crippen LogP contribution is 2.31. The number of benzene rings is 1. The predicted octanol–water partition coefficient (Wildman–Crippen LogP) is 3.44. The maximum atomic E-state index is 6.02. The zero-order chi connectivity index (χ0) is 10.6. The van der Waals surface area contributed by atoms with Crippen molar-refractivity contribution in [2.45, 2.75) is 6.92 Å². The van der Waals surface area contributed by atoms with Gasteiger partial charge in [0, 0.05) is 11.6 Å². The molecule has 0 radical (unpaired) electrons. The van der Waals surface area contributed by atoms with Crippen LogP contribution in [0.1, 0.15) is 5.56 Å². The Kier molecular flexibility index (Phi) is 4.72. The summed E-state index contributed by atoms with van der Waals surface area (Å²) in [6.07, 6.45) is 0. The van der Waals surface area contributed by atoms with Crippen LogP contribution in [-0.4, -0.2) is 20.3 Å². The van der Waals surface area contributed by atoms with Crippen molar-refractivity contribution >= 4 is 27.5 Å². The van der Waals surface area contributed by atoms with Crippen LogP contribution in [0.5, 0.6) is 5.75 Å². The third-order valence-corrected chi connectivity index (χ3v) is 2.47. The smallest absolute Gasteiger partial charge is 0.140 e. The quantitative estimate of drug-likeness (QED) is 0.786. The van der Waals surface area contributed by atoms with Crippen LogP contribution in [0, 0.1) is 6.92 Å². The van der Waals surface area contributed by atoms with Crippen LogP contribution in [0.2, 0.25) is 5.02 Å². The summed E-state index contributed by atoms with van der Waals surface area (Å²) in [5.41, 5.74) is 1.01. The Morgan fingerprint density at radius 1 is 1.36 bits per heavy atom. The van der Waals surface area contributed by atoms with E-state index in [-0.39, 0.29) is 0 Å².